The van der Waals surface area contributed by atoms with E-state index in [2.05, 4.69) is 15.3 Å². The molecule has 1 amide bonds. The van der Waals surface area contributed by atoms with Gasteiger partial charge in [-0.3, -0.25) is 9.89 Å². The highest BCUT2D eigenvalue weighted by Crippen LogP contribution is 2.36. The second-order valence-corrected chi connectivity index (χ2v) is 6.79. The number of carbonyl (C=O) groups excluding carboxylic acids is 1. The van der Waals surface area contributed by atoms with Crippen LogP contribution in [-0.2, 0) is 9.53 Å². The third-order valence-corrected chi connectivity index (χ3v) is 4.93. The van der Waals surface area contributed by atoms with Gasteiger partial charge in [0.1, 0.15) is 5.69 Å². The molecule has 30 heavy (non-hydrogen) atoms. The molecule has 4 rings (SSSR count). The Bertz CT molecular complexity index is 1110. The van der Waals surface area contributed by atoms with Gasteiger partial charge in [-0.1, -0.05) is 30.3 Å². The molecule has 0 spiro atoms. The van der Waals surface area contributed by atoms with Gasteiger partial charge in [0.15, 0.2) is 11.5 Å². The van der Waals surface area contributed by atoms with Crippen LogP contribution in [0.3, 0.4) is 0 Å². The molecule has 0 saturated carbocycles. The first-order valence-electron chi connectivity index (χ1n) is 9.41. The fourth-order valence-corrected chi connectivity index (χ4v) is 3.37. The topological polar surface area (TPSA) is 89.0 Å². The lowest BCUT2D eigenvalue weighted by molar-refractivity contribution is -0.135. The van der Waals surface area contributed by atoms with Crippen molar-refractivity contribution >= 4 is 11.8 Å². The molecule has 1 aliphatic heterocycles. The van der Waals surface area contributed by atoms with Crippen molar-refractivity contribution in [2.45, 2.75) is 20.1 Å². The fourth-order valence-electron chi connectivity index (χ4n) is 3.37. The minimum absolute atomic E-state index is 0.245. The molecule has 0 saturated heterocycles. The van der Waals surface area contributed by atoms with E-state index in [-0.39, 0.29) is 5.91 Å². The van der Waals surface area contributed by atoms with Gasteiger partial charge < -0.3 is 14.2 Å². The molecule has 8 heteroatoms. The van der Waals surface area contributed by atoms with E-state index in [0.29, 0.717) is 28.7 Å². The van der Waals surface area contributed by atoms with Crippen LogP contribution in [0.15, 0.2) is 53.6 Å². The lowest BCUT2D eigenvalue weighted by Gasteiger charge is -2.20. The number of amides is 1. The number of benzene rings is 2. The summed E-state index contributed by atoms with van der Waals surface area (Å²) >= 11 is 0. The van der Waals surface area contributed by atoms with Crippen LogP contribution in [0, 0.1) is 6.92 Å². The number of hydrogen-bond acceptors (Lipinski definition) is 6. The Labute approximate surface area is 174 Å². The molecule has 0 unspecified atom stereocenters. The van der Waals surface area contributed by atoms with E-state index >= 15 is 0 Å². The van der Waals surface area contributed by atoms with E-state index in [4.69, 9.17) is 14.2 Å². The van der Waals surface area contributed by atoms with E-state index < -0.39 is 6.23 Å². The molecule has 0 bridgehead atoms. The summed E-state index contributed by atoms with van der Waals surface area (Å²) in [5.41, 5.74) is 4.01. The molecule has 2 heterocycles. The number of nitrogens with one attached hydrogen (secondary N) is 1. The Hall–Kier alpha value is -3.81. The van der Waals surface area contributed by atoms with Gasteiger partial charge in [-0.2, -0.15) is 10.1 Å². The van der Waals surface area contributed by atoms with Gasteiger partial charge in [0.2, 0.25) is 12.1 Å². The summed E-state index contributed by atoms with van der Waals surface area (Å²) < 4.78 is 16.8. The van der Waals surface area contributed by atoms with Crippen LogP contribution in [0.5, 0.6) is 11.5 Å². The number of rotatable bonds is 5. The van der Waals surface area contributed by atoms with E-state index in [1.165, 1.54) is 11.9 Å². The van der Waals surface area contributed by atoms with Crippen molar-refractivity contribution in [2.75, 3.05) is 14.2 Å². The highest BCUT2D eigenvalue weighted by molar-refractivity contribution is 5.97. The second kappa shape index (κ2) is 7.90. The van der Waals surface area contributed by atoms with Crippen molar-refractivity contribution < 1.29 is 19.0 Å². The number of carbonyl (C=O) groups is 1. The summed E-state index contributed by atoms with van der Waals surface area (Å²) in [6.07, 6.45) is -0.722. The first-order valence-corrected chi connectivity index (χ1v) is 9.41. The molecule has 0 fully saturated rings. The first kappa shape index (κ1) is 19.5. The molecular formula is C22H22N4O4. The van der Waals surface area contributed by atoms with Gasteiger partial charge in [-0.25, -0.2) is 0 Å². The molecule has 2 aromatic carbocycles. The van der Waals surface area contributed by atoms with Gasteiger partial charge in [0.05, 0.1) is 19.9 Å². The van der Waals surface area contributed by atoms with Crippen LogP contribution in [0.4, 0.5) is 0 Å². The number of nitrogens with zero attached hydrogens (tertiary/aromatic N) is 3. The Kier molecular flexibility index (Phi) is 5.14. The van der Waals surface area contributed by atoms with E-state index in [1.807, 2.05) is 43.3 Å². The van der Waals surface area contributed by atoms with E-state index in [9.17, 15) is 4.79 Å². The Morgan fingerprint density at radius 1 is 1.10 bits per heavy atom. The summed E-state index contributed by atoms with van der Waals surface area (Å²) in [5.74, 6) is 1.19. The fraction of sp³-hybridized carbons (Fsp3) is 0.227. The van der Waals surface area contributed by atoms with Gasteiger partial charge >= 0.3 is 0 Å². The van der Waals surface area contributed by atoms with Crippen LogP contribution >= 0.6 is 0 Å². The molecule has 8 nitrogen and oxygen atoms in total. The number of methoxy groups -OCH3 is 2. The zero-order chi connectivity index (χ0) is 21.3. The van der Waals surface area contributed by atoms with Gasteiger partial charge in [-0.05, 0) is 25.1 Å². The predicted octanol–water partition coefficient (Wildman–Crippen LogP) is 3.64. The van der Waals surface area contributed by atoms with Crippen molar-refractivity contribution in [3.05, 3.63) is 65.4 Å². The third kappa shape index (κ3) is 3.36. The minimum Gasteiger partial charge on any atom is -0.493 e. The summed E-state index contributed by atoms with van der Waals surface area (Å²) in [6.45, 7) is 3.38. The van der Waals surface area contributed by atoms with Crippen LogP contribution in [0.2, 0.25) is 0 Å². The number of ether oxygens (including phenoxy) is 3. The highest BCUT2D eigenvalue weighted by atomic mass is 16.5. The summed E-state index contributed by atoms with van der Waals surface area (Å²) in [5, 5.41) is 13.1. The number of aromatic nitrogens is 2. The largest absolute Gasteiger partial charge is 0.493 e. The normalized spacial score (nSPS) is 15.5. The highest BCUT2D eigenvalue weighted by Gasteiger charge is 2.35. The minimum atomic E-state index is -0.722. The number of hydrogen-bond donors (Lipinski definition) is 1. The van der Waals surface area contributed by atoms with Crippen LogP contribution in [-0.4, -0.2) is 41.2 Å². The van der Waals surface area contributed by atoms with Crippen LogP contribution in [0.1, 0.15) is 30.0 Å². The molecule has 3 aromatic rings. The van der Waals surface area contributed by atoms with E-state index in [0.717, 1.165) is 16.8 Å². The Balaban J connectivity index is 1.68. The van der Waals surface area contributed by atoms with Gasteiger partial charge in [0.25, 0.3) is 5.90 Å². The molecule has 1 atom stereocenters. The summed E-state index contributed by atoms with van der Waals surface area (Å²) in [7, 11) is 3.12. The Morgan fingerprint density at radius 3 is 2.50 bits per heavy atom. The molecule has 1 N–H and O–H groups in total. The summed E-state index contributed by atoms with van der Waals surface area (Å²) in [4.78, 5) is 12.3. The molecular weight excluding hydrogens is 384 g/mol. The lowest BCUT2D eigenvalue weighted by atomic mass is 10.1. The smallest absolute Gasteiger partial charge is 0.259 e. The third-order valence-electron chi connectivity index (χ3n) is 4.93. The number of aromatic amines is 1. The van der Waals surface area contributed by atoms with Crippen LogP contribution < -0.4 is 9.47 Å². The molecule has 0 aliphatic carbocycles. The van der Waals surface area contributed by atoms with Crippen molar-refractivity contribution in [1.29, 1.82) is 0 Å². The average Bonchev–Trinajstić information content (AvgIpc) is 3.37. The van der Waals surface area contributed by atoms with Crippen molar-refractivity contribution in [3.63, 3.8) is 0 Å². The molecule has 154 valence electrons. The molecule has 0 radical (unpaired) electrons. The monoisotopic (exact) mass is 406 g/mol. The number of hydrazone groups is 1. The quantitative estimate of drug-likeness (QED) is 0.699. The van der Waals surface area contributed by atoms with Crippen molar-refractivity contribution in [1.82, 2.24) is 15.2 Å². The lowest BCUT2D eigenvalue weighted by Crippen LogP contribution is -2.25. The maximum Gasteiger partial charge on any atom is 0.259 e. The average molecular weight is 406 g/mol. The second-order valence-electron chi connectivity index (χ2n) is 6.79. The standard InChI is InChI=1S/C22H22N4O4/c1-13-19(15-8-6-5-7-9-15)23-24-20(13)21-25-26(14(2)27)22(30-21)16-10-11-17(28-3)18(12-16)29-4/h5-12,22H,1-4H3,(H,23,24)/t22-/m1/s1. The van der Waals surface area contributed by atoms with E-state index in [1.54, 1.807) is 26.4 Å². The molecule has 1 aliphatic rings. The first-order chi connectivity index (χ1) is 14.5. The van der Waals surface area contributed by atoms with Crippen molar-refractivity contribution in [2.24, 2.45) is 5.10 Å². The van der Waals surface area contributed by atoms with Crippen LogP contribution in [0.25, 0.3) is 11.3 Å². The molecule has 1 aromatic heterocycles. The zero-order valence-corrected chi connectivity index (χ0v) is 17.2. The number of H-pyrrole nitrogens is 1. The maximum atomic E-state index is 12.3. The SMILES string of the molecule is COc1ccc([C@H]2OC(c3[nH]nc(-c4ccccc4)c3C)=NN2C(C)=O)cc1OC. The Morgan fingerprint density at radius 2 is 1.83 bits per heavy atom. The van der Waals surface area contributed by atoms with Crippen molar-refractivity contribution in [3.8, 4) is 22.8 Å². The zero-order valence-electron chi connectivity index (χ0n) is 17.2. The predicted molar refractivity (Wildman–Crippen MR) is 111 cm³/mol. The maximum absolute atomic E-state index is 12.3. The van der Waals surface area contributed by atoms with Gasteiger partial charge in [0, 0.05) is 23.6 Å². The summed E-state index contributed by atoms with van der Waals surface area (Å²) in [6, 6.07) is 15.2. The van der Waals surface area contributed by atoms with Gasteiger partial charge in [-0.15, -0.1) is 5.10 Å².